The van der Waals surface area contributed by atoms with Gasteiger partial charge in [-0.05, 0) is 43.1 Å². The lowest BCUT2D eigenvalue weighted by Gasteiger charge is -2.55. The highest BCUT2D eigenvalue weighted by Gasteiger charge is 2.45. The van der Waals surface area contributed by atoms with E-state index in [1.807, 2.05) is 0 Å². The summed E-state index contributed by atoms with van der Waals surface area (Å²) in [5.74, 6) is 1.71. The zero-order valence-corrected chi connectivity index (χ0v) is 16.9. The molecule has 29 heavy (non-hydrogen) atoms. The van der Waals surface area contributed by atoms with Gasteiger partial charge in [0, 0.05) is 37.8 Å². The zero-order valence-electron chi connectivity index (χ0n) is 16.9. The van der Waals surface area contributed by atoms with Gasteiger partial charge in [-0.25, -0.2) is 14.8 Å². The highest BCUT2D eigenvalue weighted by Crippen LogP contribution is 2.44. The average Bonchev–Trinajstić information content (AvgIpc) is 2.78. The Morgan fingerprint density at radius 3 is 2.79 bits per heavy atom. The predicted octanol–water partition coefficient (Wildman–Crippen LogP) is 3.32. The monoisotopic (exact) mass is 392 g/mol. The number of hydrogen-bond acceptors (Lipinski definition) is 6. The Morgan fingerprint density at radius 2 is 1.97 bits per heavy atom. The first kappa shape index (κ1) is 18.6. The number of esters is 1. The molecule has 4 atom stereocenters. The quantitative estimate of drug-likeness (QED) is 0.747. The fourth-order valence-electron chi connectivity index (χ4n) is 5.76. The number of benzene rings is 1. The molecule has 1 aromatic carbocycles. The van der Waals surface area contributed by atoms with Crippen molar-refractivity contribution in [1.29, 1.82) is 0 Å². The molecule has 0 spiro atoms. The van der Waals surface area contributed by atoms with Gasteiger partial charge in [0.2, 0.25) is 0 Å². The molecule has 0 saturated carbocycles. The Hall–Kier alpha value is -2.47. The molecule has 0 N–H and O–H groups in total. The first-order valence-electron chi connectivity index (χ1n) is 10.7. The summed E-state index contributed by atoms with van der Waals surface area (Å²) >= 11 is 0. The smallest absolute Gasteiger partial charge is 0.356 e. The van der Waals surface area contributed by atoms with E-state index in [0.29, 0.717) is 29.6 Å². The molecule has 3 saturated heterocycles. The molecule has 0 amide bonds. The minimum Gasteiger partial charge on any atom is -0.464 e. The summed E-state index contributed by atoms with van der Waals surface area (Å²) in [6.07, 6.45) is 6.62. The first-order valence-corrected chi connectivity index (χ1v) is 10.7. The summed E-state index contributed by atoms with van der Waals surface area (Å²) in [6.45, 7) is 3.13. The van der Waals surface area contributed by atoms with Crippen LogP contribution in [0, 0.1) is 11.8 Å². The molecule has 6 heteroatoms. The predicted molar refractivity (Wildman–Crippen MR) is 111 cm³/mol. The normalized spacial score (nSPS) is 29.2. The van der Waals surface area contributed by atoms with Crippen molar-refractivity contribution in [3.63, 3.8) is 0 Å². The van der Waals surface area contributed by atoms with E-state index in [1.165, 1.54) is 44.7 Å². The summed E-state index contributed by atoms with van der Waals surface area (Å²) in [4.78, 5) is 25.6. The summed E-state index contributed by atoms with van der Waals surface area (Å²) < 4.78 is 4.82. The molecule has 4 heterocycles. The van der Waals surface area contributed by atoms with Crippen molar-refractivity contribution in [2.75, 3.05) is 31.6 Å². The van der Waals surface area contributed by atoms with Crippen LogP contribution in [-0.4, -0.2) is 53.6 Å². The molecule has 6 nitrogen and oxygen atoms in total. The fraction of sp³-hybridized carbons (Fsp3) is 0.522. The van der Waals surface area contributed by atoms with Gasteiger partial charge in [-0.15, -0.1) is 0 Å². The number of nitrogens with zero attached hydrogens (tertiary/aromatic N) is 4. The second kappa shape index (κ2) is 7.75. The molecule has 3 aliphatic rings. The number of hydrogen-bond donors (Lipinski definition) is 0. The standard InChI is InChI=1S/C23H28N4O2/c1-29-23(28)19-11-22(25-15-24-19)26-12-16-10-18(14-26)21-9-5-8-20(27(21)13-16)17-6-3-2-4-7-17/h2-4,6-7,11,15-16,18,20-21H,5,8-10,12-14H2,1H3/t16-,18+,20+,21-/m0/s1. The number of carbonyl (C=O) groups is 1. The van der Waals surface area contributed by atoms with Crippen molar-refractivity contribution in [3.05, 3.63) is 54.0 Å². The van der Waals surface area contributed by atoms with Crippen LogP contribution >= 0.6 is 0 Å². The summed E-state index contributed by atoms with van der Waals surface area (Å²) in [7, 11) is 1.39. The van der Waals surface area contributed by atoms with Gasteiger partial charge in [0.25, 0.3) is 0 Å². The van der Waals surface area contributed by atoms with Gasteiger partial charge in [0.05, 0.1) is 7.11 Å². The summed E-state index contributed by atoms with van der Waals surface area (Å²) in [5.41, 5.74) is 1.80. The highest BCUT2D eigenvalue weighted by atomic mass is 16.5. The van der Waals surface area contributed by atoms with Crippen LogP contribution < -0.4 is 4.90 Å². The van der Waals surface area contributed by atoms with Gasteiger partial charge in [-0.3, -0.25) is 4.90 Å². The molecule has 5 rings (SSSR count). The van der Waals surface area contributed by atoms with Crippen molar-refractivity contribution in [2.24, 2.45) is 11.8 Å². The van der Waals surface area contributed by atoms with Gasteiger partial charge in [-0.2, -0.15) is 0 Å². The number of aromatic nitrogens is 2. The van der Waals surface area contributed by atoms with Crippen LogP contribution in [0.3, 0.4) is 0 Å². The number of piperidine rings is 3. The molecule has 0 aliphatic carbocycles. The Kier molecular flexibility index (Phi) is 4.96. The van der Waals surface area contributed by atoms with Crippen molar-refractivity contribution in [1.82, 2.24) is 14.9 Å². The summed E-state index contributed by atoms with van der Waals surface area (Å²) in [5, 5.41) is 0. The molecule has 1 aromatic heterocycles. The van der Waals surface area contributed by atoms with Gasteiger partial charge in [0.1, 0.15) is 12.1 Å². The SMILES string of the molecule is COC(=O)c1cc(N2C[C@@H]3C[C@H](C2)[C@@H]2CCC[C@H](c4ccccc4)N2C3)ncn1. The zero-order chi connectivity index (χ0) is 19.8. The second-order valence-electron chi connectivity index (χ2n) is 8.64. The molecule has 152 valence electrons. The van der Waals surface area contributed by atoms with Crippen LogP contribution in [0.4, 0.5) is 5.82 Å². The number of ether oxygens (including phenoxy) is 1. The van der Waals surface area contributed by atoms with Gasteiger partial charge < -0.3 is 9.64 Å². The molecule has 3 aliphatic heterocycles. The van der Waals surface area contributed by atoms with E-state index in [-0.39, 0.29) is 0 Å². The maximum Gasteiger partial charge on any atom is 0.356 e. The molecule has 2 bridgehead atoms. The van der Waals surface area contributed by atoms with Crippen LogP contribution in [0.25, 0.3) is 0 Å². The largest absolute Gasteiger partial charge is 0.464 e. The van der Waals surface area contributed by atoms with E-state index in [9.17, 15) is 4.79 Å². The van der Waals surface area contributed by atoms with Crippen molar-refractivity contribution in [2.45, 2.75) is 37.8 Å². The van der Waals surface area contributed by atoms with Crippen molar-refractivity contribution < 1.29 is 9.53 Å². The van der Waals surface area contributed by atoms with Gasteiger partial charge in [-0.1, -0.05) is 30.3 Å². The van der Waals surface area contributed by atoms with Gasteiger partial charge in [0.15, 0.2) is 5.69 Å². The third-order valence-electron chi connectivity index (χ3n) is 6.94. The number of carbonyl (C=O) groups excluding carboxylic acids is 1. The van der Waals surface area contributed by atoms with E-state index in [2.05, 4.69) is 50.1 Å². The molecular formula is C23H28N4O2. The number of methoxy groups -OCH3 is 1. The van der Waals surface area contributed by atoms with E-state index in [4.69, 9.17) is 4.74 Å². The molecule has 0 radical (unpaired) electrons. The minimum absolute atomic E-state index is 0.330. The van der Waals surface area contributed by atoms with E-state index < -0.39 is 5.97 Å². The Labute approximate surface area is 171 Å². The lowest BCUT2D eigenvalue weighted by atomic mass is 9.74. The lowest BCUT2D eigenvalue weighted by Crippen LogP contribution is -2.59. The van der Waals surface area contributed by atoms with Crippen LogP contribution in [0.2, 0.25) is 0 Å². The van der Waals surface area contributed by atoms with Crippen LogP contribution in [-0.2, 0) is 4.74 Å². The highest BCUT2D eigenvalue weighted by molar-refractivity contribution is 5.87. The third-order valence-corrected chi connectivity index (χ3v) is 6.94. The van der Waals surface area contributed by atoms with E-state index in [1.54, 1.807) is 6.07 Å². The number of fused-ring (bicyclic) bond motifs is 4. The third kappa shape index (κ3) is 3.50. The summed E-state index contributed by atoms with van der Waals surface area (Å²) in [6, 6.07) is 14.0. The first-order chi connectivity index (χ1) is 14.2. The van der Waals surface area contributed by atoms with Gasteiger partial charge >= 0.3 is 5.97 Å². The Balaban J connectivity index is 1.37. The maximum atomic E-state index is 11.9. The molecule has 0 unspecified atom stereocenters. The minimum atomic E-state index is -0.407. The maximum absolute atomic E-state index is 11.9. The topological polar surface area (TPSA) is 58.6 Å². The Bertz CT molecular complexity index is 874. The van der Waals surface area contributed by atoms with E-state index in [0.717, 1.165) is 25.5 Å². The Morgan fingerprint density at radius 1 is 1.10 bits per heavy atom. The molecular weight excluding hydrogens is 364 g/mol. The molecule has 3 fully saturated rings. The number of rotatable bonds is 3. The average molecular weight is 393 g/mol. The van der Waals surface area contributed by atoms with Crippen molar-refractivity contribution >= 4 is 11.8 Å². The van der Waals surface area contributed by atoms with Crippen LogP contribution in [0.15, 0.2) is 42.7 Å². The molecule has 2 aromatic rings. The van der Waals surface area contributed by atoms with Crippen LogP contribution in [0.5, 0.6) is 0 Å². The van der Waals surface area contributed by atoms with E-state index >= 15 is 0 Å². The van der Waals surface area contributed by atoms with Crippen LogP contribution in [0.1, 0.15) is 47.8 Å². The van der Waals surface area contributed by atoms with Crippen molar-refractivity contribution in [3.8, 4) is 0 Å². The fourth-order valence-corrected chi connectivity index (χ4v) is 5.76. The number of anilines is 1. The second-order valence-corrected chi connectivity index (χ2v) is 8.64. The lowest BCUT2D eigenvalue weighted by molar-refractivity contribution is -0.0200.